The molecule has 0 atom stereocenters. The number of hydrogen-bond acceptors (Lipinski definition) is 4. The highest BCUT2D eigenvalue weighted by Gasteiger charge is 2.37. The highest BCUT2D eigenvalue weighted by molar-refractivity contribution is 14.1. The van der Waals surface area contributed by atoms with E-state index >= 15 is 0 Å². The smallest absolute Gasteiger partial charge is 0.280 e. The van der Waals surface area contributed by atoms with Gasteiger partial charge >= 0.3 is 0 Å². The summed E-state index contributed by atoms with van der Waals surface area (Å²) in [7, 11) is 0. The average molecular weight is 642 g/mol. The molecule has 0 N–H and O–H groups in total. The molecule has 0 spiro atoms. The molecule has 0 saturated heterocycles. The molecule has 1 heterocycles. The molecule has 0 saturated carbocycles. The van der Waals surface area contributed by atoms with E-state index in [-0.39, 0.29) is 22.9 Å². The first-order valence-corrected chi connectivity index (χ1v) is 12.4. The fourth-order valence-electron chi connectivity index (χ4n) is 3.70. The molecule has 0 radical (unpaired) electrons. The Hall–Kier alpha value is -3.48. The molecule has 5 nitrogen and oxygen atoms in total. The van der Waals surface area contributed by atoms with Crippen LogP contribution >= 0.6 is 22.6 Å². The van der Waals surface area contributed by atoms with E-state index in [9.17, 15) is 26.7 Å². The number of nitrogens with zero attached hydrogens (tertiary/aromatic N) is 2. The summed E-state index contributed by atoms with van der Waals surface area (Å²) in [5, 5.41) is 3.93. The molecule has 4 rings (SSSR count). The first-order chi connectivity index (χ1) is 18.0. The van der Waals surface area contributed by atoms with Gasteiger partial charge < -0.3 is 9.47 Å². The number of carbonyl (C=O) groups excluding carboxylic acids is 1. The number of benzene rings is 3. The number of hydrazone groups is 1. The van der Waals surface area contributed by atoms with Crippen molar-refractivity contribution in [2.24, 2.45) is 5.10 Å². The Morgan fingerprint density at radius 1 is 0.921 bits per heavy atom. The van der Waals surface area contributed by atoms with Gasteiger partial charge in [-0.2, -0.15) is 10.1 Å². The van der Waals surface area contributed by atoms with E-state index in [0.29, 0.717) is 27.2 Å². The zero-order valence-corrected chi connectivity index (χ0v) is 22.5. The maximum Gasteiger partial charge on any atom is 0.280 e. The Morgan fingerprint density at radius 2 is 1.53 bits per heavy atom. The van der Waals surface area contributed by atoms with Crippen LogP contribution in [-0.2, 0) is 11.4 Å². The fraction of sp³-hybridized carbons (Fsp3) is 0.185. The predicted octanol–water partition coefficient (Wildman–Crippen LogP) is 7.08. The molecule has 3 aromatic carbocycles. The summed E-state index contributed by atoms with van der Waals surface area (Å²) in [5.41, 5.74) is 1.02. The van der Waals surface area contributed by atoms with Crippen molar-refractivity contribution in [1.29, 1.82) is 0 Å². The molecule has 3 aromatic rings. The first kappa shape index (κ1) is 27.6. The lowest BCUT2D eigenvalue weighted by Gasteiger charge is -2.16. The molecular weight excluding hydrogens is 622 g/mol. The lowest BCUT2D eigenvalue weighted by Crippen LogP contribution is -2.25. The molecule has 0 unspecified atom stereocenters. The van der Waals surface area contributed by atoms with Crippen LogP contribution in [-0.4, -0.2) is 18.2 Å². The van der Waals surface area contributed by atoms with Gasteiger partial charge in [-0.25, -0.2) is 22.0 Å². The van der Waals surface area contributed by atoms with E-state index in [4.69, 9.17) is 9.47 Å². The molecule has 1 aliphatic rings. The van der Waals surface area contributed by atoms with Crippen LogP contribution in [0, 0.1) is 39.6 Å². The molecule has 38 heavy (non-hydrogen) atoms. The van der Waals surface area contributed by atoms with Crippen LogP contribution in [0.1, 0.15) is 30.5 Å². The van der Waals surface area contributed by atoms with Gasteiger partial charge in [0.05, 0.1) is 21.5 Å². The molecule has 11 heteroatoms. The van der Waals surface area contributed by atoms with Crippen LogP contribution in [0.4, 0.5) is 27.6 Å². The molecule has 0 bridgehead atoms. The number of amides is 1. The third-order valence-corrected chi connectivity index (χ3v) is 6.41. The standard InChI is InChI=1S/C27H20F5IN2O3/c1-4-37-19-11-16(10-18(33)26(19)38-12-15-7-5-13(2)6-8-15)9-17-14(3)34-35(27(17)36)25-23(31)21(29)20(28)22(30)24(25)32/h5-11H,4,12H2,1-3H3/b17-9+. The second-order valence-electron chi connectivity index (χ2n) is 8.32. The van der Waals surface area contributed by atoms with E-state index in [1.165, 1.54) is 13.0 Å². The summed E-state index contributed by atoms with van der Waals surface area (Å²) in [6.45, 7) is 5.77. The van der Waals surface area contributed by atoms with Crippen molar-refractivity contribution >= 4 is 46.0 Å². The zero-order chi connectivity index (χ0) is 27.7. The van der Waals surface area contributed by atoms with E-state index in [1.54, 1.807) is 19.1 Å². The van der Waals surface area contributed by atoms with Crippen LogP contribution in [0.25, 0.3) is 6.08 Å². The second-order valence-corrected chi connectivity index (χ2v) is 9.48. The van der Waals surface area contributed by atoms with E-state index in [2.05, 4.69) is 27.7 Å². The number of halogens is 6. The summed E-state index contributed by atoms with van der Waals surface area (Å²) in [6.07, 6.45) is 1.39. The van der Waals surface area contributed by atoms with Crippen LogP contribution in [0.5, 0.6) is 11.5 Å². The molecule has 0 fully saturated rings. The van der Waals surface area contributed by atoms with E-state index in [1.807, 2.05) is 31.2 Å². The first-order valence-electron chi connectivity index (χ1n) is 11.3. The summed E-state index contributed by atoms with van der Waals surface area (Å²) < 4.78 is 82.0. The molecule has 1 amide bonds. The minimum absolute atomic E-state index is 0.0200. The molecule has 1 aliphatic heterocycles. The number of aryl methyl sites for hydroxylation is 1. The van der Waals surface area contributed by atoms with Gasteiger partial charge in [0.2, 0.25) is 5.82 Å². The van der Waals surface area contributed by atoms with E-state index < -0.39 is 40.7 Å². The third-order valence-electron chi connectivity index (χ3n) is 5.61. The Labute approximate surface area is 228 Å². The van der Waals surface area contributed by atoms with Gasteiger partial charge in [-0.3, -0.25) is 4.79 Å². The van der Waals surface area contributed by atoms with Gasteiger partial charge in [0.15, 0.2) is 34.8 Å². The highest BCUT2D eigenvalue weighted by atomic mass is 127. The molecular formula is C27H20F5IN2O3. The van der Waals surface area contributed by atoms with Crippen LogP contribution in [0.15, 0.2) is 47.1 Å². The van der Waals surface area contributed by atoms with Crippen molar-refractivity contribution in [2.75, 3.05) is 11.6 Å². The molecule has 198 valence electrons. The number of rotatable bonds is 7. The SMILES string of the molecule is CCOc1cc(/C=C2/C(=O)N(c3c(F)c(F)c(F)c(F)c3F)N=C2C)cc(I)c1OCc1ccc(C)cc1. The van der Waals surface area contributed by atoms with Gasteiger partial charge in [0, 0.05) is 0 Å². The topological polar surface area (TPSA) is 51.1 Å². The van der Waals surface area contributed by atoms with Gasteiger partial charge in [-0.1, -0.05) is 29.8 Å². The number of hydrogen-bond donors (Lipinski definition) is 0. The molecule has 0 aromatic heterocycles. The van der Waals surface area contributed by atoms with Gasteiger partial charge in [0.25, 0.3) is 5.91 Å². The van der Waals surface area contributed by atoms with Crippen molar-refractivity contribution in [3.05, 3.63) is 91.3 Å². The lowest BCUT2D eigenvalue weighted by atomic mass is 10.1. The van der Waals surface area contributed by atoms with Crippen LogP contribution in [0.2, 0.25) is 0 Å². The minimum Gasteiger partial charge on any atom is -0.490 e. The maximum absolute atomic E-state index is 14.3. The predicted molar refractivity (Wildman–Crippen MR) is 141 cm³/mol. The maximum atomic E-state index is 14.3. The minimum atomic E-state index is -2.32. The van der Waals surface area contributed by atoms with Crippen LogP contribution in [0.3, 0.4) is 0 Å². The summed E-state index contributed by atoms with van der Waals surface area (Å²) in [4.78, 5) is 13.0. The van der Waals surface area contributed by atoms with Gasteiger partial charge in [0.1, 0.15) is 12.3 Å². The van der Waals surface area contributed by atoms with Gasteiger partial charge in [-0.05, 0) is 72.7 Å². The quantitative estimate of drug-likeness (QED) is 0.0911. The summed E-state index contributed by atoms with van der Waals surface area (Å²) >= 11 is 2.05. The average Bonchev–Trinajstić information content (AvgIpc) is 3.15. The number of anilines is 1. The number of ether oxygens (including phenoxy) is 2. The largest absolute Gasteiger partial charge is 0.490 e. The zero-order valence-electron chi connectivity index (χ0n) is 20.3. The van der Waals surface area contributed by atoms with Crippen molar-refractivity contribution < 1.29 is 36.2 Å². The van der Waals surface area contributed by atoms with Gasteiger partial charge in [-0.15, -0.1) is 0 Å². The Balaban J connectivity index is 1.67. The fourth-order valence-corrected chi connectivity index (χ4v) is 4.48. The van der Waals surface area contributed by atoms with E-state index in [0.717, 1.165) is 11.1 Å². The summed E-state index contributed by atoms with van der Waals surface area (Å²) in [5.74, 6) is -11.2. The summed E-state index contributed by atoms with van der Waals surface area (Å²) in [6, 6.07) is 11.2. The van der Waals surface area contributed by atoms with Crippen molar-refractivity contribution in [2.45, 2.75) is 27.4 Å². The third kappa shape index (κ3) is 5.24. The van der Waals surface area contributed by atoms with Crippen LogP contribution < -0.4 is 14.5 Å². The monoisotopic (exact) mass is 642 g/mol. The number of carbonyl (C=O) groups is 1. The Kier molecular flexibility index (Phi) is 8.05. The highest BCUT2D eigenvalue weighted by Crippen LogP contribution is 2.37. The Bertz CT molecular complexity index is 1460. The Morgan fingerprint density at radius 3 is 2.13 bits per heavy atom. The van der Waals surface area contributed by atoms with Crippen molar-refractivity contribution in [3.8, 4) is 11.5 Å². The van der Waals surface area contributed by atoms with Crippen molar-refractivity contribution in [1.82, 2.24) is 0 Å². The van der Waals surface area contributed by atoms with Crippen molar-refractivity contribution in [3.63, 3.8) is 0 Å². The normalized spacial score (nSPS) is 14.3. The lowest BCUT2D eigenvalue weighted by molar-refractivity contribution is -0.114. The molecule has 0 aliphatic carbocycles. The second kappa shape index (κ2) is 11.1.